The lowest BCUT2D eigenvalue weighted by molar-refractivity contribution is 0.0768. The number of likely N-dealkylation sites (tertiary alicyclic amines) is 1. The molecule has 3 saturated heterocycles. The number of piperidine rings is 1. The SMILES string of the molecule is FC1(CN2CC3(CCNCC3)[C@@H]3COC[C@@H]32)CC1. The molecule has 3 heterocycles. The van der Waals surface area contributed by atoms with Gasteiger partial charge >= 0.3 is 0 Å². The fourth-order valence-electron chi connectivity index (χ4n) is 4.41. The quantitative estimate of drug-likeness (QED) is 0.801. The van der Waals surface area contributed by atoms with Crippen molar-refractivity contribution in [3.8, 4) is 0 Å². The molecule has 0 aromatic heterocycles. The van der Waals surface area contributed by atoms with Crippen molar-refractivity contribution in [2.45, 2.75) is 37.4 Å². The van der Waals surface area contributed by atoms with Crippen molar-refractivity contribution < 1.29 is 9.13 Å². The van der Waals surface area contributed by atoms with Gasteiger partial charge in [-0.2, -0.15) is 0 Å². The molecule has 0 aromatic carbocycles. The molecule has 0 radical (unpaired) electrons. The van der Waals surface area contributed by atoms with Gasteiger partial charge in [-0.25, -0.2) is 4.39 Å². The maximum Gasteiger partial charge on any atom is 0.123 e. The maximum absolute atomic E-state index is 14.1. The van der Waals surface area contributed by atoms with E-state index < -0.39 is 5.67 Å². The van der Waals surface area contributed by atoms with Gasteiger partial charge in [0, 0.05) is 25.0 Å². The molecule has 0 bridgehead atoms. The Labute approximate surface area is 108 Å². The number of rotatable bonds is 2. The van der Waals surface area contributed by atoms with Crippen LogP contribution in [0.5, 0.6) is 0 Å². The molecular weight excluding hydrogens is 231 g/mol. The smallest absolute Gasteiger partial charge is 0.123 e. The molecular formula is C14H23FN2O. The average molecular weight is 254 g/mol. The molecule has 1 aliphatic carbocycles. The summed E-state index contributed by atoms with van der Waals surface area (Å²) in [6.45, 7) is 5.75. The minimum atomic E-state index is -0.856. The van der Waals surface area contributed by atoms with Crippen molar-refractivity contribution in [1.82, 2.24) is 10.2 Å². The van der Waals surface area contributed by atoms with Gasteiger partial charge in [-0.15, -0.1) is 0 Å². The summed E-state index contributed by atoms with van der Waals surface area (Å²) in [6.07, 6.45) is 4.03. The lowest BCUT2D eigenvalue weighted by Gasteiger charge is -2.38. The Morgan fingerprint density at radius 2 is 1.94 bits per heavy atom. The van der Waals surface area contributed by atoms with Crippen molar-refractivity contribution in [3.05, 3.63) is 0 Å². The van der Waals surface area contributed by atoms with Crippen LogP contribution in [0.2, 0.25) is 0 Å². The van der Waals surface area contributed by atoms with Crippen LogP contribution in [0, 0.1) is 11.3 Å². The predicted octanol–water partition coefficient (Wildman–Crippen LogP) is 1.19. The van der Waals surface area contributed by atoms with E-state index in [1.807, 2.05) is 0 Å². The summed E-state index contributed by atoms with van der Waals surface area (Å²) >= 11 is 0. The topological polar surface area (TPSA) is 24.5 Å². The Bertz CT molecular complexity index is 339. The fourth-order valence-corrected chi connectivity index (χ4v) is 4.41. The summed E-state index contributed by atoms with van der Waals surface area (Å²) in [4.78, 5) is 2.43. The third-order valence-corrected chi connectivity index (χ3v) is 5.70. The molecule has 3 aliphatic heterocycles. The van der Waals surface area contributed by atoms with Gasteiger partial charge in [-0.3, -0.25) is 4.90 Å². The number of hydrogen-bond donors (Lipinski definition) is 1. The standard InChI is InChI=1S/C14H23FN2O/c15-14(1-2-14)10-17-9-13(3-5-16-6-4-13)11-7-18-8-12(11)17/h11-12,16H,1-10H2/t11-,12+/m1/s1. The zero-order chi connectivity index (χ0) is 12.2. The van der Waals surface area contributed by atoms with Crippen molar-refractivity contribution in [1.29, 1.82) is 0 Å². The summed E-state index contributed by atoms with van der Waals surface area (Å²) in [5.74, 6) is 0.655. The van der Waals surface area contributed by atoms with Gasteiger partial charge in [0.25, 0.3) is 0 Å². The molecule has 0 unspecified atom stereocenters. The molecule has 4 fully saturated rings. The van der Waals surface area contributed by atoms with Crippen molar-refractivity contribution in [3.63, 3.8) is 0 Å². The van der Waals surface area contributed by atoms with E-state index in [1.165, 1.54) is 12.8 Å². The number of ether oxygens (including phenoxy) is 1. The Hall–Kier alpha value is -0.190. The van der Waals surface area contributed by atoms with E-state index >= 15 is 0 Å². The van der Waals surface area contributed by atoms with Crippen LogP contribution in [0.25, 0.3) is 0 Å². The highest BCUT2D eigenvalue weighted by atomic mass is 19.1. The zero-order valence-corrected chi connectivity index (χ0v) is 11.0. The van der Waals surface area contributed by atoms with Crippen molar-refractivity contribution in [2.75, 3.05) is 39.4 Å². The summed E-state index contributed by atoms with van der Waals surface area (Å²) in [7, 11) is 0. The Balaban J connectivity index is 1.55. The average Bonchev–Trinajstić information content (AvgIpc) is 2.83. The third kappa shape index (κ3) is 1.73. The highest BCUT2D eigenvalue weighted by molar-refractivity contribution is 5.09. The molecule has 102 valence electrons. The molecule has 1 saturated carbocycles. The fraction of sp³-hybridized carbons (Fsp3) is 1.00. The molecule has 4 aliphatic rings. The third-order valence-electron chi connectivity index (χ3n) is 5.70. The number of halogens is 1. The number of fused-ring (bicyclic) bond motifs is 2. The van der Waals surface area contributed by atoms with E-state index in [-0.39, 0.29) is 0 Å². The van der Waals surface area contributed by atoms with Crippen LogP contribution < -0.4 is 5.32 Å². The van der Waals surface area contributed by atoms with E-state index in [2.05, 4.69) is 10.2 Å². The lowest BCUT2D eigenvalue weighted by atomic mass is 9.70. The van der Waals surface area contributed by atoms with Gasteiger partial charge in [0.15, 0.2) is 0 Å². The second-order valence-corrected chi connectivity index (χ2v) is 6.88. The largest absolute Gasteiger partial charge is 0.379 e. The van der Waals surface area contributed by atoms with Crippen molar-refractivity contribution >= 4 is 0 Å². The van der Waals surface area contributed by atoms with Crippen LogP contribution in [0.15, 0.2) is 0 Å². The number of nitrogens with one attached hydrogen (secondary N) is 1. The minimum absolute atomic E-state index is 0.414. The highest BCUT2D eigenvalue weighted by Gasteiger charge is 2.57. The molecule has 3 nitrogen and oxygen atoms in total. The van der Waals surface area contributed by atoms with Crippen LogP contribution in [0.3, 0.4) is 0 Å². The van der Waals surface area contributed by atoms with Gasteiger partial charge in [0.05, 0.1) is 13.2 Å². The second-order valence-electron chi connectivity index (χ2n) is 6.88. The van der Waals surface area contributed by atoms with Crippen LogP contribution in [-0.2, 0) is 4.74 Å². The molecule has 1 spiro atoms. The molecule has 1 N–H and O–H groups in total. The minimum Gasteiger partial charge on any atom is -0.379 e. The summed E-state index contributed by atoms with van der Waals surface area (Å²) < 4.78 is 19.8. The first-order valence-electron chi connectivity index (χ1n) is 7.42. The van der Waals surface area contributed by atoms with E-state index in [0.29, 0.717) is 23.9 Å². The van der Waals surface area contributed by atoms with Crippen LogP contribution >= 0.6 is 0 Å². The van der Waals surface area contributed by atoms with Crippen LogP contribution in [0.1, 0.15) is 25.7 Å². The van der Waals surface area contributed by atoms with Gasteiger partial charge in [0.2, 0.25) is 0 Å². The zero-order valence-electron chi connectivity index (χ0n) is 11.0. The number of alkyl halides is 1. The second kappa shape index (κ2) is 3.90. The maximum atomic E-state index is 14.1. The molecule has 4 heteroatoms. The molecule has 4 rings (SSSR count). The summed E-state index contributed by atoms with van der Waals surface area (Å²) in [6, 6.07) is 0.497. The van der Waals surface area contributed by atoms with Gasteiger partial charge in [-0.1, -0.05) is 0 Å². The first-order valence-corrected chi connectivity index (χ1v) is 7.42. The van der Waals surface area contributed by atoms with E-state index in [4.69, 9.17) is 4.74 Å². The normalized spacial score (nSPS) is 41.2. The molecule has 0 aromatic rings. The Kier molecular flexibility index (Phi) is 2.52. The van der Waals surface area contributed by atoms with Gasteiger partial charge in [-0.05, 0) is 44.2 Å². The Morgan fingerprint density at radius 3 is 2.67 bits per heavy atom. The highest BCUT2D eigenvalue weighted by Crippen LogP contribution is 2.51. The monoisotopic (exact) mass is 254 g/mol. The summed E-state index contributed by atoms with van der Waals surface area (Å²) in [5.41, 5.74) is -0.441. The number of hydrogen-bond acceptors (Lipinski definition) is 3. The lowest BCUT2D eigenvalue weighted by Crippen LogP contribution is -2.43. The van der Waals surface area contributed by atoms with Gasteiger partial charge < -0.3 is 10.1 Å². The predicted molar refractivity (Wildman–Crippen MR) is 67.3 cm³/mol. The summed E-state index contributed by atoms with van der Waals surface area (Å²) in [5, 5.41) is 3.46. The Morgan fingerprint density at radius 1 is 1.17 bits per heavy atom. The van der Waals surface area contributed by atoms with E-state index in [0.717, 1.165) is 45.7 Å². The van der Waals surface area contributed by atoms with Crippen molar-refractivity contribution in [2.24, 2.45) is 11.3 Å². The van der Waals surface area contributed by atoms with Crippen LogP contribution in [-0.4, -0.2) is 56.0 Å². The van der Waals surface area contributed by atoms with E-state index in [1.54, 1.807) is 0 Å². The first kappa shape index (κ1) is 11.6. The van der Waals surface area contributed by atoms with Crippen LogP contribution in [0.4, 0.5) is 4.39 Å². The molecule has 18 heavy (non-hydrogen) atoms. The molecule has 0 amide bonds. The first-order chi connectivity index (χ1) is 8.71. The number of nitrogens with zero attached hydrogens (tertiary/aromatic N) is 1. The van der Waals surface area contributed by atoms with E-state index in [9.17, 15) is 4.39 Å². The van der Waals surface area contributed by atoms with Gasteiger partial charge in [0.1, 0.15) is 5.67 Å². The molecule has 2 atom stereocenters.